The maximum Gasteiger partial charge on any atom is 0.187 e. The quantitative estimate of drug-likeness (QED) is 0.598. The maximum atomic E-state index is 5.51. The first-order valence-electron chi connectivity index (χ1n) is 6.55. The van der Waals surface area contributed by atoms with Crippen LogP contribution in [0.5, 0.6) is 0 Å². The molecule has 2 aliphatic rings. The highest BCUT2D eigenvalue weighted by atomic mass is 32.1. The lowest BCUT2D eigenvalue weighted by Crippen LogP contribution is -2.37. The molecule has 0 unspecified atom stereocenters. The van der Waals surface area contributed by atoms with E-state index in [4.69, 9.17) is 17.0 Å². The fourth-order valence-electron chi connectivity index (χ4n) is 2.25. The largest absolute Gasteiger partial charge is 0.376 e. The van der Waals surface area contributed by atoms with Crippen molar-refractivity contribution in [3.8, 4) is 0 Å². The summed E-state index contributed by atoms with van der Waals surface area (Å²) in [6.45, 7) is 1.67. The number of hydrogen-bond donors (Lipinski definition) is 2. The van der Waals surface area contributed by atoms with Gasteiger partial charge in [-0.2, -0.15) is 5.10 Å². The predicted octanol–water partition coefficient (Wildman–Crippen LogP) is 1.95. The van der Waals surface area contributed by atoms with Crippen LogP contribution in [-0.2, 0) is 4.74 Å². The molecule has 0 radical (unpaired) electrons. The average Bonchev–Trinajstić information content (AvgIpc) is 2.88. The Labute approximate surface area is 108 Å². The summed E-state index contributed by atoms with van der Waals surface area (Å²) in [4.78, 5) is 0. The summed E-state index contributed by atoms with van der Waals surface area (Å²) in [6, 6.07) is 0. The van der Waals surface area contributed by atoms with Crippen LogP contribution in [0.4, 0.5) is 0 Å². The third kappa shape index (κ3) is 4.60. The van der Waals surface area contributed by atoms with Crippen molar-refractivity contribution in [3.63, 3.8) is 0 Å². The molecule has 1 aliphatic heterocycles. The summed E-state index contributed by atoms with van der Waals surface area (Å²) < 4.78 is 5.51. The Morgan fingerprint density at radius 2 is 2.12 bits per heavy atom. The summed E-state index contributed by atoms with van der Waals surface area (Å²) >= 11 is 5.17. The minimum atomic E-state index is 0.317. The molecule has 0 amide bonds. The van der Waals surface area contributed by atoms with Gasteiger partial charge >= 0.3 is 0 Å². The van der Waals surface area contributed by atoms with Gasteiger partial charge in [0.2, 0.25) is 0 Å². The van der Waals surface area contributed by atoms with Crippen LogP contribution in [0.1, 0.15) is 44.9 Å². The van der Waals surface area contributed by atoms with E-state index in [0.717, 1.165) is 38.8 Å². The van der Waals surface area contributed by atoms with Gasteiger partial charge in [-0.3, -0.25) is 5.43 Å². The molecular weight excluding hydrogens is 234 g/mol. The van der Waals surface area contributed by atoms with Gasteiger partial charge in [-0.05, 0) is 50.7 Å². The van der Waals surface area contributed by atoms with Gasteiger partial charge in [0.25, 0.3) is 0 Å². The third-order valence-electron chi connectivity index (χ3n) is 3.26. The van der Waals surface area contributed by atoms with E-state index in [2.05, 4.69) is 15.8 Å². The monoisotopic (exact) mass is 255 g/mol. The molecule has 1 aliphatic carbocycles. The van der Waals surface area contributed by atoms with Gasteiger partial charge in [-0.1, -0.05) is 6.42 Å². The molecule has 4 nitrogen and oxygen atoms in total. The standard InChI is InChI=1S/C12H21N3OS/c17-12(13-9-11-7-4-8-16-11)15-14-10-5-2-1-3-6-10/h11H,1-9H2,(H2,13,15,17)/t11-/m0/s1. The van der Waals surface area contributed by atoms with Crippen molar-refractivity contribution in [1.29, 1.82) is 0 Å². The number of nitrogens with one attached hydrogen (secondary N) is 2. The smallest absolute Gasteiger partial charge is 0.187 e. The predicted molar refractivity (Wildman–Crippen MR) is 73.2 cm³/mol. The summed E-state index contributed by atoms with van der Waals surface area (Å²) in [5.74, 6) is 0. The Morgan fingerprint density at radius 3 is 2.82 bits per heavy atom. The molecule has 5 heteroatoms. The van der Waals surface area contributed by atoms with Crippen LogP contribution >= 0.6 is 12.2 Å². The molecule has 1 atom stereocenters. The van der Waals surface area contributed by atoms with Gasteiger partial charge in [0.1, 0.15) is 0 Å². The highest BCUT2D eigenvalue weighted by Gasteiger charge is 2.15. The van der Waals surface area contributed by atoms with Crippen LogP contribution in [0.25, 0.3) is 0 Å². The summed E-state index contributed by atoms with van der Waals surface area (Å²) in [7, 11) is 0. The lowest BCUT2D eigenvalue weighted by molar-refractivity contribution is 0.114. The van der Waals surface area contributed by atoms with E-state index in [1.54, 1.807) is 0 Å². The van der Waals surface area contributed by atoms with Crippen LogP contribution < -0.4 is 10.7 Å². The molecule has 17 heavy (non-hydrogen) atoms. The van der Waals surface area contributed by atoms with Crippen molar-refractivity contribution >= 4 is 23.0 Å². The Balaban J connectivity index is 1.62. The van der Waals surface area contributed by atoms with Gasteiger partial charge in [0.15, 0.2) is 5.11 Å². The first-order valence-corrected chi connectivity index (χ1v) is 6.96. The second-order valence-electron chi connectivity index (χ2n) is 4.70. The fourth-order valence-corrected chi connectivity index (χ4v) is 2.38. The zero-order chi connectivity index (χ0) is 11.9. The number of nitrogens with zero attached hydrogens (tertiary/aromatic N) is 1. The molecule has 1 heterocycles. The van der Waals surface area contributed by atoms with E-state index >= 15 is 0 Å². The van der Waals surface area contributed by atoms with Crippen LogP contribution in [0.15, 0.2) is 5.10 Å². The highest BCUT2D eigenvalue weighted by Crippen LogP contribution is 2.14. The molecule has 2 N–H and O–H groups in total. The molecular formula is C12H21N3OS. The van der Waals surface area contributed by atoms with Crippen molar-refractivity contribution in [1.82, 2.24) is 10.7 Å². The number of rotatable bonds is 3. The van der Waals surface area contributed by atoms with E-state index in [1.807, 2.05) is 0 Å². The van der Waals surface area contributed by atoms with Gasteiger partial charge in [-0.25, -0.2) is 0 Å². The summed E-state index contributed by atoms with van der Waals surface area (Å²) in [5, 5.41) is 8.11. The van der Waals surface area contributed by atoms with Crippen LogP contribution in [-0.4, -0.2) is 30.1 Å². The number of ether oxygens (including phenoxy) is 1. The number of hydrazone groups is 1. The topological polar surface area (TPSA) is 45.6 Å². The normalized spacial score (nSPS) is 24.5. The minimum absolute atomic E-state index is 0.317. The number of thiocarbonyl (C=S) groups is 1. The maximum absolute atomic E-state index is 5.51. The minimum Gasteiger partial charge on any atom is -0.376 e. The molecule has 2 fully saturated rings. The summed E-state index contributed by atoms with van der Waals surface area (Å²) in [5.41, 5.74) is 4.18. The van der Waals surface area contributed by atoms with Crippen molar-refractivity contribution in [2.45, 2.75) is 51.0 Å². The van der Waals surface area contributed by atoms with Gasteiger partial charge < -0.3 is 10.1 Å². The second kappa shape index (κ2) is 6.91. The van der Waals surface area contributed by atoms with Crippen LogP contribution in [0, 0.1) is 0 Å². The van der Waals surface area contributed by atoms with Gasteiger partial charge in [0.05, 0.1) is 6.10 Å². The Kier molecular flexibility index (Phi) is 5.19. The van der Waals surface area contributed by atoms with Crippen molar-refractivity contribution in [3.05, 3.63) is 0 Å². The molecule has 96 valence electrons. The van der Waals surface area contributed by atoms with E-state index in [0.29, 0.717) is 11.2 Å². The lowest BCUT2D eigenvalue weighted by Gasteiger charge is -2.14. The van der Waals surface area contributed by atoms with E-state index in [-0.39, 0.29) is 0 Å². The Bertz CT molecular complexity index is 279. The Hall–Kier alpha value is -0.680. The van der Waals surface area contributed by atoms with Crippen LogP contribution in [0.2, 0.25) is 0 Å². The van der Waals surface area contributed by atoms with Crippen molar-refractivity contribution in [2.24, 2.45) is 5.10 Å². The lowest BCUT2D eigenvalue weighted by atomic mass is 9.99. The van der Waals surface area contributed by atoms with Gasteiger partial charge in [0, 0.05) is 18.9 Å². The van der Waals surface area contributed by atoms with E-state index in [9.17, 15) is 0 Å². The molecule has 0 spiro atoms. The number of hydrogen-bond acceptors (Lipinski definition) is 3. The third-order valence-corrected chi connectivity index (χ3v) is 3.50. The fraction of sp³-hybridized carbons (Fsp3) is 0.833. The molecule has 2 rings (SSSR count). The SMILES string of the molecule is S=C(NC[C@@H]1CCCO1)NN=C1CCCCC1. The zero-order valence-electron chi connectivity index (χ0n) is 10.2. The average molecular weight is 255 g/mol. The van der Waals surface area contributed by atoms with E-state index < -0.39 is 0 Å². The highest BCUT2D eigenvalue weighted by molar-refractivity contribution is 7.80. The van der Waals surface area contributed by atoms with Crippen LogP contribution in [0.3, 0.4) is 0 Å². The molecule has 1 saturated heterocycles. The molecule has 0 bridgehead atoms. The molecule has 1 saturated carbocycles. The molecule has 0 aromatic rings. The zero-order valence-corrected chi connectivity index (χ0v) is 11.0. The molecule has 0 aromatic carbocycles. The Morgan fingerprint density at radius 1 is 1.29 bits per heavy atom. The van der Waals surface area contributed by atoms with Crippen molar-refractivity contribution in [2.75, 3.05) is 13.2 Å². The first kappa shape index (κ1) is 12.8. The second-order valence-corrected chi connectivity index (χ2v) is 5.10. The first-order chi connectivity index (χ1) is 8.34. The van der Waals surface area contributed by atoms with Crippen molar-refractivity contribution < 1.29 is 4.74 Å². The molecule has 0 aromatic heterocycles. The van der Waals surface area contributed by atoms with Gasteiger partial charge in [-0.15, -0.1) is 0 Å². The summed E-state index contributed by atoms with van der Waals surface area (Å²) in [6.07, 6.45) is 8.69. The van der Waals surface area contributed by atoms with E-state index in [1.165, 1.54) is 25.0 Å².